The third-order valence-corrected chi connectivity index (χ3v) is 7.57. The van der Waals surface area contributed by atoms with Crippen LogP contribution in [0.25, 0.3) is 0 Å². The molecule has 1 aliphatic rings. The fourth-order valence-corrected chi connectivity index (χ4v) is 5.52. The molecule has 0 bridgehead atoms. The fraction of sp³-hybridized carbons (Fsp3) is 0.435. The molecule has 2 aromatic rings. The van der Waals surface area contributed by atoms with Crippen molar-refractivity contribution in [2.75, 3.05) is 13.1 Å². The van der Waals surface area contributed by atoms with E-state index in [1.54, 1.807) is 0 Å². The van der Waals surface area contributed by atoms with Gasteiger partial charge in [0, 0.05) is 19.0 Å². The van der Waals surface area contributed by atoms with E-state index in [0.29, 0.717) is 25.9 Å². The molecule has 1 atom stereocenters. The summed E-state index contributed by atoms with van der Waals surface area (Å²) in [5, 5.41) is 3.15. The van der Waals surface area contributed by atoms with Crippen molar-refractivity contribution in [1.29, 1.82) is 0 Å². The van der Waals surface area contributed by atoms with Gasteiger partial charge in [-0.25, -0.2) is 12.7 Å². The molecule has 1 fully saturated rings. The summed E-state index contributed by atoms with van der Waals surface area (Å²) in [4.78, 5) is 12.8. The zero-order chi connectivity index (χ0) is 20.9. The van der Waals surface area contributed by atoms with Crippen LogP contribution in [-0.4, -0.2) is 31.7 Å². The van der Waals surface area contributed by atoms with Crippen LogP contribution < -0.4 is 5.32 Å². The van der Waals surface area contributed by atoms with Gasteiger partial charge in [-0.15, -0.1) is 0 Å². The number of nitrogens with zero attached hydrogens (tertiary/aromatic N) is 1. The SMILES string of the molecule is CCC(NC(=O)C1CCN(S(=O)(=O)Cc2ccccc2C)CC1)c1ccccc1. The van der Waals surface area contributed by atoms with Gasteiger partial charge in [-0.05, 0) is 42.9 Å². The highest BCUT2D eigenvalue weighted by Gasteiger charge is 2.32. The van der Waals surface area contributed by atoms with Gasteiger partial charge in [-0.3, -0.25) is 4.79 Å². The molecule has 0 spiro atoms. The summed E-state index contributed by atoms with van der Waals surface area (Å²) in [7, 11) is -3.38. The molecular weight excluding hydrogens is 384 g/mol. The van der Waals surface area contributed by atoms with Crippen LogP contribution in [0.1, 0.15) is 48.9 Å². The van der Waals surface area contributed by atoms with Crippen LogP contribution in [0.4, 0.5) is 0 Å². The second-order valence-electron chi connectivity index (χ2n) is 7.74. The quantitative estimate of drug-likeness (QED) is 0.749. The normalized spacial score (nSPS) is 17.0. The number of carbonyl (C=O) groups excluding carboxylic acids is 1. The van der Waals surface area contributed by atoms with Crippen molar-refractivity contribution < 1.29 is 13.2 Å². The first-order chi connectivity index (χ1) is 13.9. The Hall–Kier alpha value is -2.18. The second kappa shape index (κ2) is 9.55. The van der Waals surface area contributed by atoms with Gasteiger partial charge >= 0.3 is 0 Å². The van der Waals surface area contributed by atoms with E-state index in [1.165, 1.54) is 4.31 Å². The number of nitrogens with one attached hydrogen (secondary N) is 1. The standard InChI is InChI=1S/C23H30N2O3S/c1-3-22(19-10-5-4-6-11-19)24-23(26)20-13-15-25(16-14-20)29(27,28)17-21-12-8-7-9-18(21)2/h4-12,20,22H,3,13-17H2,1-2H3,(H,24,26). The first-order valence-corrected chi connectivity index (χ1v) is 11.9. The van der Waals surface area contributed by atoms with Crippen molar-refractivity contribution in [2.24, 2.45) is 5.92 Å². The van der Waals surface area contributed by atoms with Gasteiger partial charge in [-0.2, -0.15) is 0 Å². The summed E-state index contributed by atoms with van der Waals surface area (Å²) in [6.07, 6.45) is 1.94. The highest BCUT2D eigenvalue weighted by Crippen LogP contribution is 2.24. The number of amides is 1. The van der Waals surface area contributed by atoms with Crippen molar-refractivity contribution in [3.63, 3.8) is 0 Å². The van der Waals surface area contributed by atoms with E-state index in [9.17, 15) is 13.2 Å². The van der Waals surface area contributed by atoms with E-state index < -0.39 is 10.0 Å². The predicted octanol–water partition coefficient (Wildman–Crippen LogP) is 3.80. The van der Waals surface area contributed by atoms with Gasteiger partial charge in [0.05, 0.1) is 11.8 Å². The Morgan fingerprint density at radius 1 is 1.07 bits per heavy atom. The molecule has 0 aromatic heterocycles. The van der Waals surface area contributed by atoms with Crippen LogP contribution >= 0.6 is 0 Å². The maximum absolute atomic E-state index is 12.8. The lowest BCUT2D eigenvalue weighted by Gasteiger charge is -2.31. The predicted molar refractivity (Wildman–Crippen MR) is 116 cm³/mol. The Morgan fingerprint density at radius 2 is 1.69 bits per heavy atom. The number of carbonyl (C=O) groups is 1. The molecule has 1 amide bonds. The lowest BCUT2D eigenvalue weighted by molar-refractivity contribution is -0.126. The minimum Gasteiger partial charge on any atom is -0.349 e. The third-order valence-electron chi connectivity index (χ3n) is 5.74. The molecule has 1 saturated heterocycles. The number of sulfonamides is 1. The van der Waals surface area contributed by atoms with Crippen LogP contribution in [-0.2, 0) is 20.6 Å². The molecule has 0 saturated carbocycles. The van der Waals surface area contributed by atoms with E-state index in [0.717, 1.165) is 23.1 Å². The fourth-order valence-electron chi connectivity index (χ4n) is 3.85. The Bertz CT molecular complexity index is 920. The number of benzene rings is 2. The van der Waals surface area contributed by atoms with Gasteiger partial charge in [0.1, 0.15) is 0 Å². The highest BCUT2D eigenvalue weighted by atomic mass is 32.2. The Kier molecular flexibility index (Phi) is 7.09. The number of rotatable bonds is 7. The maximum atomic E-state index is 12.8. The van der Waals surface area contributed by atoms with Crippen LogP contribution in [0.3, 0.4) is 0 Å². The lowest BCUT2D eigenvalue weighted by atomic mass is 9.96. The molecule has 0 radical (unpaired) electrons. The first kappa shape index (κ1) is 21.5. The maximum Gasteiger partial charge on any atom is 0.223 e. The zero-order valence-corrected chi connectivity index (χ0v) is 18.0. The van der Waals surface area contributed by atoms with E-state index in [4.69, 9.17) is 0 Å². The Balaban J connectivity index is 1.57. The minimum absolute atomic E-state index is 0.00785. The number of piperidine rings is 1. The molecule has 29 heavy (non-hydrogen) atoms. The molecule has 1 aliphatic heterocycles. The summed E-state index contributed by atoms with van der Waals surface area (Å²) in [5.74, 6) is -0.100. The molecule has 1 heterocycles. The Labute approximate surface area is 174 Å². The van der Waals surface area contributed by atoms with Gasteiger partial charge in [0.15, 0.2) is 0 Å². The third kappa shape index (κ3) is 5.46. The van der Waals surface area contributed by atoms with Crippen LogP contribution in [0, 0.1) is 12.8 Å². The van der Waals surface area contributed by atoms with Gasteiger partial charge in [0.25, 0.3) is 0 Å². The molecule has 5 nitrogen and oxygen atoms in total. The van der Waals surface area contributed by atoms with E-state index in [2.05, 4.69) is 12.2 Å². The Morgan fingerprint density at radius 3 is 2.31 bits per heavy atom. The molecule has 3 rings (SSSR count). The molecule has 2 aromatic carbocycles. The monoisotopic (exact) mass is 414 g/mol. The highest BCUT2D eigenvalue weighted by molar-refractivity contribution is 7.88. The van der Waals surface area contributed by atoms with Crippen LogP contribution in [0.15, 0.2) is 54.6 Å². The summed E-state index contributed by atoms with van der Waals surface area (Å²) >= 11 is 0. The van der Waals surface area contributed by atoms with E-state index in [1.807, 2.05) is 61.5 Å². The van der Waals surface area contributed by atoms with Crippen molar-refractivity contribution in [1.82, 2.24) is 9.62 Å². The first-order valence-electron chi connectivity index (χ1n) is 10.3. The summed E-state index contributed by atoms with van der Waals surface area (Å²) in [6, 6.07) is 17.5. The number of hydrogen-bond acceptors (Lipinski definition) is 3. The van der Waals surface area contributed by atoms with Gasteiger partial charge in [-0.1, -0.05) is 61.5 Å². The molecule has 0 aliphatic carbocycles. The second-order valence-corrected chi connectivity index (χ2v) is 9.71. The van der Waals surface area contributed by atoms with Crippen LogP contribution in [0.5, 0.6) is 0 Å². The summed E-state index contributed by atoms with van der Waals surface area (Å²) in [5.41, 5.74) is 2.92. The zero-order valence-electron chi connectivity index (χ0n) is 17.2. The minimum atomic E-state index is -3.38. The van der Waals surface area contributed by atoms with Crippen molar-refractivity contribution in [2.45, 2.75) is 44.9 Å². The number of aryl methyl sites for hydroxylation is 1. The average molecular weight is 415 g/mol. The van der Waals surface area contributed by atoms with Crippen molar-refractivity contribution in [3.8, 4) is 0 Å². The average Bonchev–Trinajstić information content (AvgIpc) is 2.74. The molecule has 6 heteroatoms. The molecular formula is C23H30N2O3S. The van der Waals surface area contributed by atoms with Gasteiger partial charge < -0.3 is 5.32 Å². The van der Waals surface area contributed by atoms with E-state index >= 15 is 0 Å². The summed E-state index contributed by atoms with van der Waals surface area (Å²) < 4.78 is 27.2. The van der Waals surface area contributed by atoms with Gasteiger partial charge in [0.2, 0.25) is 15.9 Å². The van der Waals surface area contributed by atoms with Crippen molar-refractivity contribution in [3.05, 3.63) is 71.3 Å². The smallest absolute Gasteiger partial charge is 0.223 e. The lowest BCUT2D eigenvalue weighted by Crippen LogP contribution is -2.44. The van der Waals surface area contributed by atoms with Crippen molar-refractivity contribution >= 4 is 15.9 Å². The molecule has 156 valence electrons. The number of hydrogen-bond donors (Lipinski definition) is 1. The van der Waals surface area contributed by atoms with Crippen LogP contribution in [0.2, 0.25) is 0 Å². The van der Waals surface area contributed by atoms with E-state index in [-0.39, 0.29) is 23.6 Å². The molecule has 1 N–H and O–H groups in total. The largest absolute Gasteiger partial charge is 0.349 e. The summed E-state index contributed by atoms with van der Waals surface area (Å²) in [6.45, 7) is 4.78. The molecule has 1 unspecified atom stereocenters. The topological polar surface area (TPSA) is 66.5 Å².